The Kier molecular flexibility index (Phi) is 6.81. The fourth-order valence-electron chi connectivity index (χ4n) is 3.61. The summed E-state index contributed by atoms with van der Waals surface area (Å²) >= 11 is 0. The summed E-state index contributed by atoms with van der Waals surface area (Å²) in [5.41, 5.74) is 1.35. The molecule has 2 atom stereocenters. The van der Waals surface area contributed by atoms with Crippen LogP contribution >= 0.6 is 0 Å². The summed E-state index contributed by atoms with van der Waals surface area (Å²) in [4.78, 5) is 16.8. The first-order chi connectivity index (χ1) is 12.2. The van der Waals surface area contributed by atoms with E-state index in [4.69, 9.17) is 0 Å². The number of carbonyl (C=O) groups excluding carboxylic acids is 1. The lowest BCUT2D eigenvalue weighted by Gasteiger charge is -2.34. The first kappa shape index (κ1) is 18.3. The van der Waals surface area contributed by atoms with Crippen LogP contribution in [-0.4, -0.2) is 78.8 Å². The van der Waals surface area contributed by atoms with Gasteiger partial charge >= 0.3 is 0 Å². The van der Waals surface area contributed by atoms with Gasteiger partial charge in [-0.2, -0.15) is 0 Å². The number of carbonyl (C=O) groups is 1. The van der Waals surface area contributed by atoms with Crippen LogP contribution in [0.2, 0.25) is 0 Å². The van der Waals surface area contributed by atoms with E-state index >= 15 is 0 Å². The highest BCUT2D eigenvalue weighted by molar-refractivity contribution is 5.77. The van der Waals surface area contributed by atoms with E-state index < -0.39 is 0 Å². The Balaban J connectivity index is 1.28. The molecular formula is C19H30N4O2. The highest BCUT2D eigenvalue weighted by atomic mass is 16.3. The standard InChI is InChI=1S/C19H30N4O2/c24-18-12-17(21-13-18)6-7-20-19(25)15-23-10-8-22(9-11-23)14-16-4-2-1-3-5-16/h1-5,17-18,21,24H,6-15H2,(H,20,25). The summed E-state index contributed by atoms with van der Waals surface area (Å²) in [5.74, 6) is 0.107. The minimum Gasteiger partial charge on any atom is -0.392 e. The molecule has 1 amide bonds. The quantitative estimate of drug-likeness (QED) is 0.650. The molecule has 2 aliphatic rings. The Bertz CT molecular complexity index is 531. The Morgan fingerprint density at radius 3 is 2.56 bits per heavy atom. The molecule has 0 aromatic heterocycles. The molecule has 3 rings (SSSR count). The van der Waals surface area contributed by atoms with Gasteiger partial charge in [0.15, 0.2) is 0 Å². The highest BCUT2D eigenvalue weighted by Crippen LogP contribution is 2.09. The van der Waals surface area contributed by atoms with Crippen LogP contribution in [0.3, 0.4) is 0 Å². The van der Waals surface area contributed by atoms with Crippen LogP contribution in [0.25, 0.3) is 0 Å². The second-order valence-corrected chi connectivity index (χ2v) is 7.17. The van der Waals surface area contributed by atoms with Gasteiger partial charge in [-0.15, -0.1) is 0 Å². The summed E-state index contributed by atoms with van der Waals surface area (Å²) in [6.07, 6.45) is 1.44. The number of aliphatic hydroxyl groups excluding tert-OH is 1. The topological polar surface area (TPSA) is 67.8 Å². The normalized spacial score (nSPS) is 25.2. The molecule has 2 saturated heterocycles. The average Bonchev–Trinajstić information content (AvgIpc) is 3.03. The summed E-state index contributed by atoms with van der Waals surface area (Å²) in [6.45, 7) is 6.72. The molecule has 6 nitrogen and oxygen atoms in total. The number of benzene rings is 1. The van der Waals surface area contributed by atoms with Gasteiger partial charge in [-0.1, -0.05) is 30.3 Å². The van der Waals surface area contributed by atoms with Crippen molar-refractivity contribution in [1.29, 1.82) is 0 Å². The lowest BCUT2D eigenvalue weighted by atomic mass is 10.1. The van der Waals surface area contributed by atoms with E-state index in [1.807, 2.05) is 6.07 Å². The van der Waals surface area contributed by atoms with Crippen molar-refractivity contribution in [3.63, 3.8) is 0 Å². The molecule has 2 fully saturated rings. The molecule has 0 aliphatic carbocycles. The third-order valence-corrected chi connectivity index (χ3v) is 5.09. The van der Waals surface area contributed by atoms with Crippen molar-refractivity contribution in [1.82, 2.24) is 20.4 Å². The second kappa shape index (κ2) is 9.29. The number of amides is 1. The maximum absolute atomic E-state index is 12.1. The smallest absolute Gasteiger partial charge is 0.234 e. The summed E-state index contributed by atoms with van der Waals surface area (Å²) in [7, 11) is 0. The van der Waals surface area contributed by atoms with Crippen molar-refractivity contribution < 1.29 is 9.90 Å². The fraction of sp³-hybridized carbons (Fsp3) is 0.632. The zero-order valence-electron chi connectivity index (χ0n) is 14.9. The van der Waals surface area contributed by atoms with Gasteiger partial charge in [0.1, 0.15) is 0 Å². The van der Waals surface area contributed by atoms with Crippen molar-refractivity contribution in [2.45, 2.75) is 31.5 Å². The highest BCUT2D eigenvalue weighted by Gasteiger charge is 2.22. The van der Waals surface area contributed by atoms with E-state index in [9.17, 15) is 9.90 Å². The Labute approximate surface area is 150 Å². The third-order valence-electron chi connectivity index (χ3n) is 5.09. The van der Waals surface area contributed by atoms with Gasteiger partial charge in [-0.3, -0.25) is 14.6 Å². The van der Waals surface area contributed by atoms with E-state index in [1.54, 1.807) is 0 Å². The molecule has 25 heavy (non-hydrogen) atoms. The molecule has 3 N–H and O–H groups in total. The summed E-state index contributed by atoms with van der Waals surface area (Å²) < 4.78 is 0. The van der Waals surface area contributed by atoms with E-state index in [0.717, 1.165) is 45.6 Å². The molecule has 0 saturated carbocycles. The van der Waals surface area contributed by atoms with Crippen molar-refractivity contribution in [2.75, 3.05) is 45.8 Å². The molecule has 0 spiro atoms. The first-order valence-corrected chi connectivity index (χ1v) is 9.36. The first-order valence-electron chi connectivity index (χ1n) is 9.36. The largest absolute Gasteiger partial charge is 0.392 e. The third kappa shape index (κ3) is 6.08. The summed E-state index contributed by atoms with van der Waals surface area (Å²) in [5, 5.41) is 15.8. The molecule has 0 radical (unpaired) electrons. The van der Waals surface area contributed by atoms with Gasteiger partial charge < -0.3 is 15.7 Å². The monoisotopic (exact) mass is 346 g/mol. The lowest BCUT2D eigenvalue weighted by Crippen LogP contribution is -2.49. The number of rotatable bonds is 7. The van der Waals surface area contributed by atoms with Crippen LogP contribution in [0.5, 0.6) is 0 Å². The van der Waals surface area contributed by atoms with Crippen molar-refractivity contribution in [2.24, 2.45) is 0 Å². The summed E-state index contributed by atoms with van der Waals surface area (Å²) in [6, 6.07) is 10.9. The molecule has 6 heteroatoms. The van der Waals surface area contributed by atoms with Crippen LogP contribution < -0.4 is 10.6 Å². The molecule has 2 aliphatic heterocycles. The molecule has 138 valence electrons. The average molecular weight is 346 g/mol. The second-order valence-electron chi connectivity index (χ2n) is 7.17. The van der Waals surface area contributed by atoms with Crippen LogP contribution in [0.4, 0.5) is 0 Å². The molecule has 1 aromatic carbocycles. The van der Waals surface area contributed by atoms with Crippen LogP contribution in [0.1, 0.15) is 18.4 Å². The maximum Gasteiger partial charge on any atom is 0.234 e. The fourth-order valence-corrected chi connectivity index (χ4v) is 3.61. The Morgan fingerprint density at radius 1 is 1.16 bits per heavy atom. The van der Waals surface area contributed by atoms with Gasteiger partial charge in [-0.25, -0.2) is 0 Å². The van der Waals surface area contributed by atoms with Crippen molar-refractivity contribution in [3.8, 4) is 0 Å². The molecular weight excluding hydrogens is 316 g/mol. The minimum atomic E-state index is -0.229. The lowest BCUT2D eigenvalue weighted by molar-refractivity contribution is -0.122. The predicted molar refractivity (Wildman–Crippen MR) is 98.2 cm³/mol. The maximum atomic E-state index is 12.1. The van der Waals surface area contributed by atoms with Gasteiger partial charge in [0.05, 0.1) is 12.6 Å². The van der Waals surface area contributed by atoms with Gasteiger partial charge in [-0.05, 0) is 18.4 Å². The van der Waals surface area contributed by atoms with Crippen LogP contribution in [-0.2, 0) is 11.3 Å². The zero-order chi connectivity index (χ0) is 17.5. The Hall–Kier alpha value is -1.47. The number of hydrogen-bond acceptors (Lipinski definition) is 5. The number of piperazine rings is 1. The van der Waals surface area contributed by atoms with Gasteiger partial charge in [0.2, 0.25) is 5.91 Å². The SMILES string of the molecule is O=C(CN1CCN(Cc2ccccc2)CC1)NCCC1CC(O)CN1. The van der Waals surface area contributed by atoms with E-state index in [2.05, 4.69) is 44.7 Å². The molecule has 1 aromatic rings. The van der Waals surface area contributed by atoms with Crippen molar-refractivity contribution in [3.05, 3.63) is 35.9 Å². The number of aliphatic hydroxyl groups is 1. The van der Waals surface area contributed by atoms with Crippen molar-refractivity contribution >= 4 is 5.91 Å². The zero-order valence-corrected chi connectivity index (χ0v) is 14.9. The van der Waals surface area contributed by atoms with E-state index in [1.165, 1.54) is 5.56 Å². The van der Waals surface area contributed by atoms with E-state index in [-0.39, 0.29) is 12.0 Å². The van der Waals surface area contributed by atoms with Crippen LogP contribution in [0, 0.1) is 0 Å². The van der Waals surface area contributed by atoms with Gasteiger partial charge in [0, 0.05) is 51.9 Å². The molecule has 2 unspecified atom stereocenters. The molecule has 2 heterocycles. The number of nitrogens with one attached hydrogen (secondary N) is 2. The minimum absolute atomic E-state index is 0.107. The predicted octanol–water partition coefficient (Wildman–Crippen LogP) is 0.0333. The van der Waals surface area contributed by atoms with Crippen LogP contribution in [0.15, 0.2) is 30.3 Å². The van der Waals surface area contributed by atoms with E-state index in [0.29, 0.717) is 25.7 Å². The number of hydrogen-bond donors (Lipinski definition) is 3. The van der Waals surface area contributed by atoms with Gasteiger partial charge in [0.25, 0.3) is 0 Å². The molecule has 0 bridgehead atoms. The number of nitrogens with zero attached hydrogens (tertiary/aromatic N) is 2. The number of β-amino-alcohol motifs (C(OH)–C–C–N with tert-alkyl or cyclic N) is 1. The Morgan fingerprint density at radius 2 is 1.88 bits per heavy atom.